The molecule has 1 unspecified atom stereocenters. The van der Waals surface area contributed by atoms with Crippen molar-refractivity contribution in [2.24, 2.45) is 0 Å². The van der Waals surface area contributed by atoms with Crippen LogP contribution in [0.4, 0.5) is 13.2 Å². The average molecular weight is 438 g/mol. The van der Waals surface area contributed by atoms with E-state index in [0.29, 0.717) is 30.1 Å². The average Bonchev–Trinajstić information content (AvgIpc) is 3.15. The van der Waals surface area contributed by atoms with Gasteiger partial charge in [-0.25, -0.2) is 4.98 Å². The summed E-state index contributed by atoms with van der Waals surface area (Å²) >= 11 is 6.07. The number of halogens is 4. The minimum absolute atomic E-state index is 0.140. The Morgan fingerprint density at radius 1 is 1.27 bits per heavy atom. The Morgan fingerprint density at radius 2 is 2.07 bits per heavy atom. The van der Waals surface area contributed by atoms with Crippen LogP contribution in [0.1, 0.15) is 35.5 Å². The van der Waals surface area contributed by atoms with Crippen molar-refractivity contribution in [2.45, 2.75) is 32.1 Å². The third-order valence-electron chi connectivity index (χ3n) is 5.30. The molecule has 6 nitrogen and oxygen atoms in total. The Balaban J connectivity index is 1.60. The zero-order chi connectivity index (χ0) is 21.5. The summed E-state index contributed by atoms with van der Waals surface area (Å²) in [5.41, 5.74) is 1.31. The predicted octanol–water partition coefficient (Wildman–Crippen LogP) is 4.46. The monoisotopic (exact) mass is 437 g/mol. The largest absolute Gasteiger partial charge is 0.497 e. The number of benzene rings is 1. The third-order valence-corrected chi connectivity index (χ3v) is 5.75. The van der Waals surface area contributed by atoms with E-state index in [2.05, 4.69) is 15.3 Å². The van der Waals surface area contributed by atoms with Crippen LogP contribution in [0.15, 0.2) is 36.5 Å². The van der Waals surface area contributed by atoms with Gasteiger partial charge in [0, 0.05) is 31.8 Å². The number of fused-ring (bicyclic) bond motifs is 1. The van der Waals surface area contributed by atoms with E-state index in [0.717, 1.165) is 17.5 Å². The molecule has 0 fully saturated rings. The second-order valence-electron chi connectivity index (χ2n) is 7.06. The van der Waals surface area contributed by atoms with Crippen LogP contribution in [-0.2, 0) is 19.1 Å². The molecule has 0 N–H and O–H groups in total. The van der Waals surface area contributed by atoms with Gasteiger partial charge in [0.25, 0.3) is 0 Å². The molecule has 30 heavy (non-hydrogen) atoms. The Hall–Kier alpha value is -2.65. The summed E-state index contributed by atoms with van der Waals surface area (Å²) in [4.78, 5) is 6.38. The molecule has 4 rings (SSSR count). The lowest BCUT2D eigenvalue weighted by Gasteiger charge is -2.32. The van der Waals surface area contributed by atoms with Crippen LogP contribution in [0.2, 0.25) is 5.02 Å². The van der Waals surface area contributed by atoms with Crippen molar-refractivity contribution in [2.75, 3.05) is 13.7 Å². The van der Waals surface area contributed by atoms with Crippen molar-refractivity contribution in [3.05, 3.63) is 64.1 Å². The number of ether oxygens (including phenoxy) is 1. The van der Waals surface area contributed by atoms with E-state index in [1.807, 2.05) is 11.8 Å². The van der Waals surface area contributed by atoms with Gasteiger partial charge in [-0.3, -0.25) is 4.90 Å². The number of methoxy groups -OCH3 is 1. The highest BCUT2D eigenvalue weighted by Gasteiger charge is 2.35. The van der Waals surface area contributed by atoms with Crippen molar-refractivity contribution in [3.63, 3.8) is 0 Å². The zero-order valence-corrected chi connectivity index (χ0v) is 17.1. The number of nitrogens with zero attached hydrogens (tertiary/aromatic N) is 5. The molecule has 0 radical (unpaired) electrons. The number of hydrogen-bond donors (Lipinski definition) is 0. The molecular formula is C20H19ClF3N5O. The first kappa shape index (κ1) is 20.6. The summed E-state index contributed by atoms with van der Waals surface area (Å²) in [6.07, 6.45) is -2.22. The minimum atomic E-state index is -4.49. The lowest BCUT2D eigenvalue weighted by molar-refractivity contribution is -0.137. The topological polar surface area (TPSA) is 56.1 Å². The van der Waals surface area contributed by atoms with Crippen molar-refractivity contribution in [1.29, 1.82) is 0 Å². The van der Waals surface area contributed by atoms with Gasteiger partial charge in [0.05, 0.1) is 29.4 Å². The first-order valence-electron chi connectivity index (χ1n) is 9.33. The normalized spacial score (nSPS) is 17.1. The summed E-state index contributed by atoms with van der Waals surface area (Å²) in [7, 11) is 1.58. The highest BCUT2D eigenvalue weighted by atomic mass is 35.5. The van der Waals surface area contributed by atoms with Gasteiger partial charge in [-0.15, -0.1) is 5.10 Å². The molecule has 0 amide bonds. The van der Waals surface area contributed by atoms with E-state index < -0.39 is 11.7 Å². The van der Waals surface area contributed by atoms with Crippen molar-refractivity contribution in [3.8, 4) is 11.6 Å². The fourth-order valence-corrected chi connectivity index (χ4v) is 3.96. The van der Waals surface area contributed by atoms with E-state index >= 15 is 0 Å². The molecule has 1 aliphatic rings. The molecular weight excluding hydrogens is 419 g/mol. The van der Waals surface area contributed by atoms with E-state index in [9.17, 15) is 13.2 Å². The second kappa shape index (κ2) is 7.88. The van der Waals surface area contributed by atoms with Gasteiger partial charge in [0.15, 0.2) is 5.82 Å². The maximum atomic E-state index is 13.2. The molecule has 2 aromatic heterocycles. The predicted molar refractivity (Wildman–Crippen MR) is 105 cm³/mol. The molecule has 3 aromatic rings. The van der Waals surface area contributed by atoms with Gasteiger partial charge in [0.1, 0.15) is 11.4 Å². The Bertz CT molecular complexity index is 1070. The molecule has 0 saturated carbocycles. The molecule has 10 heteroatoms. The molecule has 158 valence electrons. The summed E-state index contributed by atoms with van der Waals surface area (Å²) in [5, 5.41) is 8.31. The number of rotatable bonds is 4. The first-order chi connectivity index (χ1) is 14.3. The van der Waals surface area contributed by atoms with E-state index in [1.165, 1.54) is 6.07 Å². The van der Waals surface area contributed by atoms with Gasteiger partial charge in [-0.05, 0) is 24.6 Å². The van der Waals surface area contributed by atoms with Crippen LogP contribution in [-0.4, -0.2) is 38.5 Å². The lowest BCUT2D eigenvalue weighted by Crippen LogP contribution is -2.34. The van der Waals surface area contributed by atoms with Gasteiger partial charge in [-0.1, -0.05) is 28.9 Å². The molecule has 1 atom stereocenters. The maximum absolute atomic E-state index is 13.2. The van der Waals surface area contributed by atoms with Crippen LogP contribution in [0, 0.1) is 0 Å². The van der Waals surface area contributed by atoms with Crippen LogP contribution in [0.5, 0.6) is 5.75 Å². The van der Waals surface area contributed by atoms with Crippen molar-refractivity contribution >= 4 is 11.6 Å². The van der Waals surface area contributed by atoms with Crippen LogP contribution in [0.3, 0.4) is 0 Å². The third kappa shape index (κ3) is 3.75. The summed E-state index contributed by atoms with van der Waals surface area (Å²) in [6.45, 7) is 2.86. The van der Waals surface area contributed by atoms with Gasteiger partial charge in [0.2, 0.25) is 0 Å². The Morgan fingerprint density at radius 3 is 2.80 bits per heavy atom. The summed E-state index contributed by atoms with van der Waals surface area (Å²) in [5.74, 6) is 1.26. The van der Waals surface area contributed by atoms with Gasteiger partial charge in [-0.2, -0.15) is 17.9 Å². The van der Waals surface area contributed by atoms with Crippen LogP contribution >= 0.6 is 11.6 Å². The lowest BCUT2D eigenvalue weighted by atomic mass is 10.0. The highest BCUT2D eigenvalue weighted by Crippen LogP contribution is 2.38. The molecule has 3 heterocycles. The molecule has 0 bridgehead atoms. The fourth-order valence-electron chi connectivity index (χ4n) is 3.67. The molecule has 1 aliphatic heterocycles. The highest BCUT2D eigenvalue weighted by molar-refractivity contribution is 6.32. The van der Waals surface area contributed by atoms with Gasteiger partial charge >= 0.3 is 6.18 Å². The summed E-state index contributed by atoms with van der Waals surface area (Å²) < 4.78 is 46.4. The maximum Gasteiger partial charge on any atom is 0.417 e. The molecule has 0 spiro atoms. The summed E-state index contributed by atoms with van der Waals surface area (Å²) in [6, 6.07) is 7.38. The Kier molecular flexibility index (Phi) is 5.42. The van der Waals surface area contributed by atoms with E-state index in [4.69, 9.17) is 16.3 Å². The molecule has 0 aliphatic carbocycles. The van der Waals surface area contributed by atoms with Crippen LogP contribution < -0.4 is 4.74 Å². The van der Waals surface area contributed by atoms with Crippen molar-refractivity contribution in [1.82, 2.24) is 24.9 Å². The SMILES string of the molecule is COc1ccnc(-n2nnc3c2CCN(Cc2cccc(C(F)(F)F)c2Cl)C3C)c1. The van der Waals surface area contributed by atoms with Crippen LogP contribution in [0.25, 0.3) is 5.82 Å². The van der Waals surface area contributed by atoms with E-state index in [1.54, 1.807) is 36.2 Å². The Labute approximate surface area is 176 Å². The molecule has 0 saturated heterocycles. The van der Waals surface area contributed by atoms with E-state index in [-0.39, 0.29) is 17.6 Å². The number of aromatic nitrogens is 4. The quantitative estimate of drug-likeness (QED) is 0.603. The number of alkyl halides is 3. The fraction of sp³-hybridized carbons (Fsp3) is 0.350. The zero-order valence-electron chi connectivity index (χ0n) is 16.3. The number of pyridine rings is 1. The van der Waals surface area contributed by atoms with Gasteiger partial charge < -0.3 is 4.74 Å². The number of hydrogen-bond acceptors (Lipinski definition) is 5. The standard InChI is InChI=1S/C20H19ClF3N5O/c1-12-19-16(29(27-26-19)17-10-14(30-2)6-8-25-17)7-9-28(12)11-13-4-3-5-15(18(13)21)20(22,23)24/h3-6,8,10,12H,7,9,11H2,1-2H3. The molecule has 1 aromatic carbocycles. The first-order valence-corrected chi connectivity index (χ1v) is 9.71. The van der Waals surface area contributed by atoms with Crippen molar-refractivity contribution < 1.29 is 17.9 Å². The second-order valence-corrected chi connectivity index (χ2v) is 7.44. The minimum Gasteiger partial charge on any atom is -0.497 e. The smallest absolute Gasteiger partial charge is 0.417 e.